The second-order valence-electron chi connectivity index (χ2n) is 6.85. The van der Waals surface area contributed by atoms with E-state index in [2.05, 4.69) is 10.7 Å². The van der Waals surface area contributed by atoms with Crippen molar-refractivity contribution in [3.63, 3.8) is 0 Å². The fourth-order valence-corrected chi connectivity index (χ4v) is 3.13. The Kier molecular flexibility index (Phi) is 6.68. The van der Waals surface area contributed by atoms with Crippen LogP contribution in [0.5, 0.6) is 0 Å². The Morgan fingerprint density at radius 2 is 1.93 bits per heavy atom. The number of amides is 3. The van der Waals surface area contributed by atoms with Crippen LogP contribution in [-0.4, -0.2) is 41.9 Å². The second-order valence-corrected chi connectivity index (χ2v) is 7.26. The molecule has 0 saturated carbocycles. The molecule has 2 N–H and O–H groups in total. The van der Waals surface area contributed by atoms with Crippen LogP contribution in [0.3, 0.4) is 0 Å². The third-order valence-electron chi connectivity index (χ3n) is 4.47. The van der Waals surface area contributed by atoms with Gasteiger partial charge in [0.05, 0.1) is 23.2 Å². The summed E-state index contributed by atoms with van der Waals surface area (Å²) in [5, 5.41) is 4.00. The quantitative estimate of drug-likeness (QED) is 0.686. The van der Waals surface area contributed by atoms with Crippen LogP contribution < -0.4 is 10.7 Å². The van der Waals surface area contributed by atoms with Crippen molar-refractivity contribution < 1.29 is 23.9 Å². The average Bonchev–Trinajstić information content (AvgIpc) is 3.08. The van der Waals surface area contributed by atoms with Crippen LogP contribution in [0.15, 0.2) is 48.5 Å². The summed E-state index contributed by atoms with van der Waals surface area (Å²) in [5.41, 5.74) is 4.22. The summed E-state index contributed by atoms with van der Waals surface area (Å²) < 4.78 is 5.02. The van der Waals surface area contributed by atoms with E-state index in [1.807, 2.05) is 13.0 Å². The van der Waals surface area contributed by atoms with Crippen LogP contribution in [0.4, 0.5) is 5.69 Å². The highest BCUT2D eigenvalue weighted by atomic mass is 35.5. The van der Waals surface area contributed by atoms with E-state index in [0.717, 1.165) is 10.6 Å². The van der Waals surface area contributed by atoms with Gasteiger partial charge in [-0.3, -0.25) is 29.6 Å². The Bertz CT molecular complexity index is 994. The number of para-hydroxylation sites is 1. The number of aryl methyl sites for hydroxylation is 1. The molecule has 3 amide bonds. The first-order chi connectivity index (χ1) is 14.3. The molecule has 0 aliphatic carbocycles. The Balaban J connectivity index is 1.49. The van der Waals surface area contributed by atoms with Crippen LogP contribution in [-0.2, 0) is 19.1 Å². The van der Waals surface area contributed by atoms with Crippen molar-refractivity contribution in [3.05, 3.63) is 64.7 Å². The van der Waals surface area contributed by atoms with Crippen molar-refractivity contribution in [1.29, 1.82) is 0 Å². The molecule has 8 nitrogen and oxygen atoms in total. The van der Waals surface area contributed by atoms with Gasteiger partial charge in [-0.25, -0.2) is 0 Å². The van der Waals surface area contributed by atoms with Gasteiger partial charge < -0.3 is 10.1 Å². The lowest BCUT2D eigenvalue weighted by Gasteiger charge is -2.17. The lowest BCUT2D eigenvalue weighted by atomic mass is 10.1. The van der Waals surface area contributed by atoms with Gasteiger partial charge in [0.2, 0.25) is 5.91 Å². The maximum atomic E-state index is 12.3. The van der Waals surface area contributed by atoms with Crippen molar-refractivity contribution >= 4 is 41.0 Å². The molecule has 0 radical (unpaired) electrons. The van der Waals surface area contributed by atoms with E-state index in [4.69, 9.17) is 16.3 Å². The van der Waals surface area contributed by atoms with Crippen molar-refractivity contribution in [2.75, 3.05) is 18.5 Å². The van der Waals surface area contributed by atoms with E-state index in [0.29, 0.717) is 16.3 Å². The minimum absolute atomic E-state index is 0.0264. The number of hydrogen-bond acceptors (Lipinski definition) is 5. The summed E-state index contributed by atoms with van der Waals surface area (Å²) in [5.74, 6) is -2.86. The van der Waals surface area contributed by atoms with Crippen LogP contribution in [0.25, 0.3) is 0 Å². The number of ether oxygens (including phenoxy) is 1. The molecule has 1 heterocycles. The highest BCUT2D eigenvalue weighted by molar-refractivity contribution is 6.33. The Morgan fingerprint density at radius 1 is 1.17 bits per heavy atom. The number of hydrogen-bond donors (Lipinski definition) is 2. The molecule has 1 aliphatic rings. The number of hydrazine groups is 1. The number of carbonyl (C=O) groups excluding carboxylic acids is 4. The molecule has 9 heteroatoms. The molecular weight excluding hydrogens is 410 g/mol. The van der Waals surface area contributed by atoms with Gasteiger partial charge >= 0.3 is 5.97 Å². The van der Waals surface area contributed by atoms with Crippen LogP contribution in [0.1, 0.15) is 22.3 Å². The lowest BCUT2D eigenvalue weighted by Crippen LogP contribution is -2.43. The highest BCUT2D eigenvalue weighted by Crippen LogP contribution is 2.21. The van der Waals surface area contributed by atoms with Gasteiger partial charge in [-0.05, 0) is 31.2 Å². The molecule has 156 valence electrons. The fourth-order valence-electron chi connectivity index (χ4n) is 2.95. The van der Waals surface area contributed by atoms with Crippen LogP contribution in [0.2, 0.25) is 5.02 Å². The van der Waals surface area contributed by atoms with Gasteiger partial charge in [0.15, 0.2) is 6.61 Å². The SMILES string of the molecule is Cc1cccc(C(=O)NN2CC(C(=O)OCC(=O)Nc3ccccc3Cl)CC2=O)c1. The molecule has 2 aromatic rings. The van der Waals surface area contributed by atoms with E-state index in [-0.39, 0.29) is 13.0 Å². The monoisotopic (exact) mass is 429 g/mol. The van der Waals surface area contributed by atoms with Gasteiger partial charge in [0.1, 0.15) is 0 Å². The van der Waals surface area contributed by atoms with Gasteiger partial charge in [-0.2, -0.15) is 0 Å². The van der Waals surface area contributed by atoms with Gasteiger partial charge in [-0.15, -0.1) is 0 Å². The molecule has 0 bridgehead atoms. The number of nitrogens with zero attached hydrogens (tertiary/aromatic N) is 1. The van der Waals surface area contributed by atoms with Crippen molar-refractivity contribution in [2.45, 2.75) is 13.3 Å². The molecule has 30 heavy (non-hydrogen) atoms. The fraction of sp³-hybridized carbons (Fsp3) is 0.238. The predicted molar refractivity (Wildman–Crippen MR) is 110 cm³/mol. The van der Waals surface area contributed by atoms with Crippen molar-refractivity contribution in [3.8, 4) is 0 Å². The maximum absolute atomic E-state index is 12.3. The van der Waals surface area contributed by atoms with E-state index < -0.39 is 36.2 Å². The second kappa shape index (κ2) is 9.41. The number of carbonyl (C=O) groups is 4. The summed E-state index contributed by atoms with van der Waals surface area (Å²) in [7, 11) is 0. The Labute approximate surface area is 178 Å². The average molecular weight is 430 g/mol. The van der Waals surface area contributed by atoms with Crippen molar-refractivity contribution in [2.24, 2.45) is 5.92 Å². The molecule has 0 spiro atoms. The maximum Gasteiger partial charge on any atom is 0.311 e. The highest BCUT2D eigenvalue weighted by Gasteiger charge is 2.36. The predicted octanol–water partition coefficient (Wildman–Crippen LogP) is 2.32. The molecule has 1 atom stereocenters. The molecule has 1 saturated heterocycles. The topological polar surface area (TPSA) is 105 Å². The van der Waals surface area contributed by atoms with E-state index in [9.17, 15) is 19.2 Å². The van der Waals surface area contributed by atoms with Gasteiger partial charge in [0, 0.05) is 12.0 Å². The normalized spacial score (nSPS) is 15.6. The molecule has 1 aliphatic heterocycles. The molecule has 0 aromatic heterocycles. The van der Waals surface area contributed by atoms with E-state index in [1.165, 1.54) is 0 Å². The number of benzene rings is 2. The zero-order valence-corrected chi connectivity index (χ0v) is 16.9. The first-order valence-corrected chi connectivity index (χ1v) is 9.60. The molecule has 1 unspecified atom stereocenters. The largest absolute Gasteiger partial charge is 0.455 e. The van der Waals surface area contributed by atoms with Crippen LogP contribution in [0, 0.1) is 12.8 Å². The summed E-state index contributed by atoms with van der Waals surface area (Å²) in [6.07, 6.45) is -0.112. The van der Waals surface area contributed by atoms with Crippen molar-refractivity contribution in [1.82, 2.24) is 10.4 Å². The minimum atomic E-state index is -0.775. The first-order valence-electron chi connectivity index (χ1n) is 9.22. The summed E-state index contributed by atoms with van der Waals surface area (Å²) >= 11 is 5.96. The molecule has 3 rings (SSSR count). The summed E-state index contributed by atoms with van der Waals surface area (Å²) in [4.78, 5) is 48.7. The number of rotatable bonds is 6. The van der Waals surface area contributed by atoms with Crippen LogP contribution >= 0.6 is 11.6 Å². The number of esters is 1. The third kappa shape index (κ3) is 5.36. The minimum Gasteiger partial charge on any atom is -0.455 e. The zero-order valence-electron chi connectivity index (χ0n) is 16.2. The van der Waals surface area contributed by atoms with E-state index in [1.54, 1.807) is 42.5 Å². The molecule has 2 aromatic carbocycles. The third-order valence-corrected chi connectivity index (χ3v) is 4.80. The zero-order chi connectivity index (χ0) is 21.7. The molecular formula is C21H20ClN3O5. The summed E-state index contributed by atoms with van der Waals surface area (Å²) in [6, 6.07) is 13.6. The number of halogens is 1. The number of anilines is 1. The standard InChI is InChI=1S/C21H20ClN3O5/c1-13-5-4-6-14(9-13)20(28)24-25-11-15(10-19(25)27)21(29)30-12-18(26)23-17-8-3-2-7-16(17)22/h2-9,15H,10-12H2,1H3,(H,23,26)(H,24,28). The smallest absolute Gasteiger partial charge is 0.311 e. The molecule has 1 fully saturated rings. The lowest BCUT2D eigenvalue weighted by molar-refractivity contribution is -0.151. The summed E-state index contributed by atoms with van der Waals surface area (Å²) in [6.45, 7) is 1.32. The Morgan fingerprint density at radius 3 is 2.67 bits per heavy atom. The number of nitrogens with one attached hydrogen (secondary N) is 2. The Hall–Kier alpha value is -3.39. The first kappa shape index (κ1) is 21.3. The van der Waals surface area contributed by atoms with E-state index >= 15 is 0 Å². The van der Waals surface area contributed by atoms with Gasteiger partial charge in [0.25, 0.3) is 11.8 Å². The van der Waals surface area contributed by atoms with Gasteiger partial charge in [-0.1, -0.05) is 41.4 Å².